The highest BCUT2D eigenvalue weighted by Gasteiger charge is 2.16. The molecule has 1 aromatic rings. The minimum absolute atomic E-state index is 0.390. The van der Waals surface area contributed by atoms with Gasteiger partial charge in [0.15, 0.2) is 5.82 Å². The Labute approximate surface area is 115 Å². The second-order valence-corrected chi connectivity index (χ2v) is 5.48. The summed E-state index contributed by atoms with van der Waals surface area (Å²) >= 11 is 0. The molecule has 5 nitrogen and oxygen atoms in total. The Hall–Kier alpha value is -1.36. The van der Waals surface area contributed by atoms with Crippen molar-refractivity contribution in [2.45, 2.75) is 51.7 Å². The molecule has 2 rings (SSSR count). The van der Waals surface area contributed by atoms with E-state index in [0.717, 1.165) is 11.7 Å². The van der Waals surface area contributed by atoms with Crippen LogP contribution in [0.3, 0.4) is 0 Å². The normalized spacial score (nSPS) is 23.9. The van der Waals surface area contributed by atoms with Gasteiger partial charge in [-0.25, -0.2) is 9.97 Å². The van der Waals surface area contributed by atoms with Gasteiger partial charge in [0.05, 0.1) is 0 Å². The van der Waals surface area contributed by atoms with Crippen LogP contribution in [-0.4, -0.2) is 23.1 Å². The second-order valence-electron chi connectivity index (χ2n) is 5.48. The fraction of sp³-hybridized carbons (Fsp3) is 0.714. The molecule has 0 bridgehead atoms. The molecule has 3 N–H and O–H groups in total. The van der Waals surface area contributed by atoms with E-state index in [-0.39, 0.29) is 0 Å². The number of hydrogen-bond acceptors (Lipinski definition) is 5. The molecule has 5 heteroatoms. The van der Waals surface area contributed by atoms with Crippen LogP contribution in [0.5, 0.6) is 0 Å². The summed E-state index contributed by atoms with van der Waals surface area (Å²) < 4.78 is 5.05. The lowest BCUT2D eigenvalue weighted by atomic mass is 10.0. The van der Waals surface area contributed by atoms with Gasteiger partial charge in [-0.1, -0.05) is 19.8 Å². The number of nitrogens with one attached hydrogen (secondary N) is 1. The molecule has 0 saturated heterocycles. The number of nitrogens with zero attached hydrogens (tertiary/aromatic N) is 2. The van der Waals surface area contributed by atoms with Crippen molar-refractivity contribution < 1.29 is 4.74 Å². The molecule has 1 saturated carbocycles. The summed E-state index contributed by atoms with van der Waals surface area (Å²) in [4.78, 5) is 8.59. The van der Waals surface area contributed by atoms with Gasteiger partial charge in [0.1, 0.15) is 18.2 Å². The van der Waals surface area contributed by atoms with Crippen LogP contribution in [0.15, 0.2) is 6.07 Å². The minimum atomic E-state index is 0.390. The third-order valence-corrected chi connectivity index (χ3v) is 3.68. The smallest absolute Gasteiger partial charge is 0.158 e. The van der Waals surface area contributed by atoms with Crippen LogP contribution in [0, 0.1) is 5.92 Å². The first-order valence-electron chi connectivity index (χ1n) is 7.06. The molecule has 1 aliphatic carbocycles. The third-order valence-electron chi connectivity index (χ3n) is 3.68. The van der Waals surface area contributed by atoms with Gasteiger partial charge >= 0.3 is 0 Å². The average Bonchev–Trinajstić information content (AvgIpc) is 2.54. The lowest BCUT2D eigenvalue weighted by Crippen LogP contribution is -2.20. The monoisotopic (exact) mass is 264 g/mol. The molecule has 0 aromatic carbocycles. The SMILES string of the molecule is COCc1nc(N)cc(NC2CCCC(C)CC2)n1. The number of rotatable bonds is 4. The van der Waals surface area contributed by atoms with Crippen LogP contribution in [0.2, 0.25) is 0 Å². The second kappa shape index (κ2) is 6.70. The van der Waals surface area contributed by atoms with Crippen LogP contribution in [0.4, 0.5) is 11.6 Å². The van der Waals surface area contributed by atoms with Crippen molar-refractivity contribution in [1.82, 2.24) is 9.97 Å². The van der Waals surface area contributed by atoms with Crippen molar-refractivity contribution in [1.29, 1.82) is 0 Å². The number of aromatic nitrogens is 2. The van der Waals surface area contributed by atoms with Crippen LogP contribution in [0.1, 0.15) is 44.9 Å². The van der Waals surface area contributed by atoms with Crippen LogP contribution in [0.25, 0.3) is 0 Å². The number of ether oxygens (including phenoxy) is 1. The fourth-order valence-corrected chi connectivity index (χ4v) is 2.63. The van der Waals surface area contributed by atoms with Gasteiger partial charge in [-0.3, -0.25) is 0 Å². The first kappa shape index (κ1) is 14.1. The molecule has 1 aliphatic rings. The molecule has 0 radical (unpaired) electrons. The van der Waals surface area contributed by atoms with Crippen LogP contribution >= 0.6 is 0 Å². The third kappa shape index (κ3) is 4.35. The number of nitrogen functional groups attached to an aromatic ring is 1. The van der Waals surface area contributed by atoms with E-state index < -0.39 is 0 Å². The van der Waals surface area contributed by atoms with E-state index in [1.807, 2.05) is 0 Å². The predicted octanol–water partition coefficient (Wildman–Crippen LogP) is 2.59. The molecule has 106 valence electrons. The Morgan fingerprint density at radius 3 is 2.95 bits per heavy atom. The van der Waals surface area contributed by atoms with Crippen molar-refractivity contribution in [2.24, 2.45) is 5.92 Å². The van der Waals surface area contributed by atoms with Gasteiger partial charge in [-0.05, 0) is 25.2 Å². The summed E-state index contributed by atoms with van der Waals surface area (Å²) in [6.45, 7) is 2.73. The van der Waals surface area contributed by atoms with Crippen LogP contribution in [-0.2, 0) is 11.3 Å². The van der Waals surface area contributed by atoms with Crippen molar-refractivity contribution in [2.75, 3.05) is 18.2 Å². The molecule has 2 atom stereocenters. The molecule has 0 spiro atoms. The van der Waals surface area contributed by atoms with E-state index in [1.54, 1.807) is 13.2 Å². The van der Waals surface area contributed by atoms with Gasteiger partial charge in [0.25, 0.3) is 0 Å². The van der Waals surface area contributed by atoms with Gasteiger partial charge in [-0.2, -0.15) is 0 Å². The van der Waals surface area contributed by atoms with E-state index in [9.17, 15) is 0 Å². The average molecular weight is 264 g/mol. The summed E-state index contributed by atoms with van der Waals surface area (Å²) in [5.41, 5.74) is 5.80. The molecule has 1 fully saturated rings. The number of hydrogen-bond donors (Lipinski definition) is 2. The maximum absolute atomic E-state index is 5.80. The maximum atomic E-state index is 5.80. The molecule has 1 aromatic heterocycles. The Balaban J connectivity index is 2.01. The summed E-state index contributed by atoms with van der Waals surface area (Å²) in [6.07, 6.45) is 6.30. The fourth-order valence-electron chi connectivity index (χ4n) is 2.63. The Morgan fingerprint density at radius 2 is 2.16 bits per heavy atom. The van der Waals surface area contributed by atoms with Crippen LogP contribution < -0.4 is 11.1 Å². The molecule has 2 unspecified atom stereocenters. The number of methoxy groups -OCH3 is 1. The van der Waals surface area contributed by atoms with Crippen molar-refractivity contribution in [3.63, 3.8) is 0 Å². The molecular weight excluding hydrogens is 240 g/mol. The van der Waals surface area contributed by atoms with Crippen molar-refractivity contribution in [3.05, 3.63) is 11.9 Å². The first-order valence-corrected chi connectivity index (χ1v) is 7.06. The molecule has 19 heavy (non-hydrogen) atoms. The van der Waals surface area contributed by atoms with E-state index >= 15 is 0 Å². The Morgan fingerprint density at radius 1 is 1.32 bits per heavy atom. The van der Waals surface area contributed by atoms with E-state index in [0.29, 0.717) is 24.3 Å². The van der Waals surface area contributed by atoms with Crippen molar-refractivity contribution in [3.8, 4) is 0 Å². The van der Waals surface area contributed by atoms with Gasteiger partial charge in [-0.15, -0.1) is 0 Å². The molecular formula is C14H24N4O. The zero-order chi connectivity index (χ0) is 13.7. The largest absolute Gasteiger partial charge is 0.384 e. The predicted molar refractivity (Wildman–Crippen MR) is 76.8 cm³/mol. The summed E-state index contributed by atoms with van der Waals surface area (Å²) in [5, 5.41) is 3.49. The van der Waals surface area contributed by atoms with E-state index in [1.165, 1.54) is 32.1 Å². The van der Waals surface area contributed by atoms with Gasteiger partial charge in [0, 0.05) is 19.2 Å². The summed E-state index contributed by atoms with van der Waals surface area (Å²) in [6, 6.07) is 2.29. The topological polar surface area (TPSA) is 73.1 Å². The Bertz CT molecular complexity index is 410. The lowest BCUT2D eigenvalue weighted by molar-refractivity contribution is 0.178. The zero-order valence-electron chi connectivity index (χ0n) is 11.9. The standard InChI is InChI=1S/C14H24N4O/c1-10-4-3-5-11(7-6-10)16-13-8-12(15)17-14(18-13)9-19-2/h8,10-11H,3-7,9H2,1-2H3,(H3,15,16,17,18). The molecule has 1 heterocycles. The minimum Gasteiger partial charge on any atom is -0.384 e. The van der Waals surface area contributed by atoms with Gasteiger partial charge < -0.3 is 15.8 Å². The first-order chi connectivity index (χ1) is 9.17. The van der Waals surface area contributed by atoms with E-state index in [2.05, 4.69) is 22.2 Å². The highest BCUT2D eigenvalue weighted by molar-refractivity contribution is 5.45. The molecule has 0 amide bonds. The summed E-state index contributed by atoms with van der Waals surface area (Å²) in [7, 11) is 1.63. The number of nitrogens with two attached hydrogens (primary N) is 1. The molecule has 0 aliphatic heterocycles. The van der Waals surface area contributed by atoms with Gasteiger partial charge in [0.2, 0.25) is 0 Å². The highest BCUT2D eigenvalue weighted by atomic mass is 16.5. The lowest BCUT2D eigenvalue weighted by Gasteiger charge is -2.17. The zero-order valence-corrected chi connectivity index (χ0v) is 11.9. The number of anilines is 2. The highest BCUT2D eigenvalue weighted by Crippen LogP contribution is 2.24. The van der Waals surface area contributed by atoms with E-state index in [4.69, 9.17) is 10.5 Å². The van der Waals surface area contributed by atoms with Crippen molar-refractivity contribution >= 4 is 11.6 Å². The quantitative estimate of drug-likeness (QED) is 0.818. The Kier molecular flexibility index (Phi) is 4.96. The maximum Gasteiger partial charge on any atom is 0.158 e. The summed E-state index contributed by atoms with van der Waals surface area (Å²) in [5.74, 6) is 2.78.